The standard InChI is InChI=1S/C30H45N11O12/c42-19-3-6-31-20(43)15-39-29(52)30(4-1-2-5-30)40-28(51)18-17-53-8-7-41(18)27(50)16-38-26(49)14-37-25(48)13-36-24(47)12-35-23(46)11-34-22(45)10-33-21(44)9-32-19/h18H,1-17H2,(H,31,43)(H,32,42)(H,33,44)(H,34,45)(H,35,46)(H,36,47)(H,37,48)(H,38,49)(H,39,52)(H,40,51). The number of rotatable bonds is 0. The lowest BCUT2D eigenvalue weighted by Crippen LogP contribution is -2.64. The minimum atomic E-state index is -1.36. The van der Waals surface area contributed by atoms with E-state index < -0.39 is 129 Å². The fraction of sp³-hybridized carbons (Fsp3) is 0.633. The van der Waals surface area contributed by atoms with Gasteiger partial charge in [0.1, 0.15) is 11.6 Å². The van der Waals surface area contributed by atoms with Gasteiger partial charge in [0.15, 0.2) is 0 Å². The molecule has 1 saturated carbocycles. The summed E-state index contributed by atoms with van der Waals surface area (Å²) in [6, 6.07) is -1.13. The highest BCUT2D eigenvalue weighted by molar-refractivity contribution is 5.97. The van der Waals surface area contributed by atoms with Crippen molar-refractivity contribution in [3.8, 4) is 0 Å². The van der Waals surface area contributed by atoms with Crippen LogP contribution in [0.1, 0.15) is 32.1 Å². The Bertz CT molecular complexity index is 1450. The third kappa shape index (κ3) is 14.3. The van der Waals surface area contributed by atoms with Gasteiger partial charge in [-0.1, -0.05) is 12.8 Å². The third-order valence-corrected chi connectivity index (χ3v) is 8.20. The van der Waals surface area contributed by atoms with Gasteiger partial charge in [-0.05, 0) is 12.8 Å². The van der Waals surface area contributed by atoms with Gasteiger partial charge in [0, 0.05) is 19.5 Å². The maximum absolute atomic E-state index is 13.5. The summed E-state index contributed by atoms with van der Waals surface area (Å²) in [4.78, 5) is 138. The Morgan fingerprint density at radius 1 is 0.509 bits per heavy atom. The second-order valence-electron chi connectivity index (χ2n) is 12.2. The van der Waals surface area contributed by atoms with Crippen molar-refractivity contribution in [2.75, 3.05) is 78.7 Å². The summed E-state index contributed by atoms with van der Waals surface area (Å²) < 4.78 is 5.43. The van der Waals surface area contributed by atoms with E-state index in [9.17, 15) is 52.7 Å². The summed E-state index contributed by atoms with van der Waals surface area (Å²) in [5.41, 5.74) is -1.36. The average Bonchev–Trinajstić information content (AvgIpc) is 3.63. The lowest BCUT2D eigenvalue weighted by molar-refractivity contribution is -0.150. The first-order chi connectivity index (χ1) is 25.3. The molecule has 10 N–H and O–H groups in total. The van der Waals surface area contributed by atoms with Crippen LogP contribution in [0.3, 0.4) is 0 Å². The highest BCUT2D eigenvalue weighted by Gasteiger charge is 2.45. The molecule has 23 nitrogen and oxygen atoms in total. The van der Waals surface area contributed by atoms with Gasteiger partial charge in [-0.15, -0.1) is 0 Å². The molecule has 3 fully saturated rings. The van der Waals surface area contributed by atoms with E-state index in [1.54, 1.807) is 0 Å². The fourth-order valence-corrected chi connectivity index (χ4v) is 5.35. The highest BCUT2D eigenvalue weighted by atomic mass is 16.5. The number of nitrogens with zero attached hydrogens (tertiary/aromatic N) is 1. The van der Waals surface area contributed by atoms with Gasteiger partial charge in [0.25, 0.3) is 0 Å². The summed E-state index contributed by atoms with van der Waals surface area (Å²) in [6.45, 7) is -4.33. The maximum atomic E-state index is 13.5. The molecule has 1 aliphatic carbocycles. The first-order valence-corrected chi connectivity index (χ1v) is 16.9. The number of nitrogens with one attached hydrogen (secondary N) is 10. The lowest BCUT2D eigenvalue weighted by Gasteiger charge is -2.37. The quantitative estimate of drug-likeness (QED) is 0.110. The van der Waals surface area contributed by atoms with Crippen LogP contribution in [0.15, 0.2) is 0 Å². The van der Waals surface area contributed by atoms with Gasteiger partial charge < -0.3 is 62.8 Å². The molecule has 0 bridgehead atoms. The summed E-state index contributed by atoms with van der Waals surface area (Å²) >= 11 is 0. The van der Waals surface area contributed by atoms with Crippen molar-refractivity contribution in [1.29, 1.82) is 0 Å². The zero-order chi connectivity index (χ0) is 38.8. The molecule has 1 unspecified atom stereocenters. The molecule has 0 radical (unpaired) electrons. The Balaban J connectivity index is 1.61. The van der Waals surface area contributed by atoms with Crippen LogP contribution < -0.4 is 53.2 Å². The van der Waals surface area contributed by atoms with Crippen molar-refractivity contribution in [1.82, 2.24) is 58.1 Å². The molecular formula is C30H45N11O12. The van der Waals surface area contributed by atoms with Crippen LogP contribution in [0.2, 0.25) is 0 Å². The number of morpholine rings is 1. The minimum absolute atomic E-state index is 0.0168. The summed E-state index contributed by atoms with van der Waals surface area (Å²) in [5.74, 6) is -7.59. The van der Waals surface area contributed by atoms with Crippen LogP contribution in [0.25, 0.3) is 0 Å². The SMILES string of the molecule is O=C1CCNC(=O)CNC(=O)C2(CCCC2)NC(=O)C2COCCN2C(=O)CNC(=O)CNC(=O)CNC(=O)CNC(=O)CNC(=O)CNC(=O)CN1. The van der Waals surface area contributed by atoms with Crippen LogP contribution in [-0.2, 0) is 57.5 Å². The summed E-state index contributed by atoms with van der Waals surface area (Å²) in [5, 5.41) is 23.5. The van der Waals surface area contributed by atoms with Crippen molar-refractivity contribution in [3.05, 3.63) is 0 Å². The molecular weight excluding hydrogens is 706 g/mol. The van der Waals surface area contributed by atoms with E-state index in [4.69, 9.17) is 4.74 Å². The van der Waals surface area contributed by atoms with Crippen molar-refractivity contribution < 1.29 is 57.5 Å². The van der Waals surface area contributed by atoms with E-state index in [0.717, 1.165) is 0 Å². The Morgan fingerprint density at radius 2 is 0.925 bits per heavy atom. The van der Waals surface area contributed by atoms with Gasteiger partial charge in [-0.3, -0.25) is 52.7 Å². The van der Waals surface area contributed by atoms with Crippen molar-refractivity contribution in [3.63, 3.8) is 0 Å². The topological polar surface area (TPSA) is 321 Å². The smallest absolute Gasteiger partial charge is 0.246 e. The van der Waals surface area contributed by atoms with Crippen molar-refractivity contribution in [2.45, 2.75) is 43.7 Å². The van der Waals surface area contributed by atoms with Gasteiger partial charge >= 0.3 is 0 Å². The van der Waals surface area contributed by atoms with Crippen LogP contribution in [0.4, 0.5) is 0 Å². The Labute approximate surface area is 302 Å². The van der Waals surface area contributed by atoms with E-state index in [0.29, 0.717) is 12.8 Å². The highest BCUT2D eigenvalue weighted by Crippen LogP contribution is 2.30. The molecule has 292 valence electrons. The molecule has 2 aliphatic heterocycles. The minimum Gasteiger partial charge on any atom is -0.377 e. The van der Waals surface area contributed by atoms with Crippen LogP contribution in [0, 0.1) is 0 Å². The molecule has 0 aromatic rings. The molecule has 11 amide bonds. The zero-order valence-electron chi connectivity index (χ0n) is 28.9. The number of fused-ring (bicyclic) bond motifs is 1. The Morgan fingerprint density at radius 3 is 1.42 bits per heavy atom. The Kier molecular flexibility index (Phi) is 16.3. The lowest BCUT2D eigenvalue weighted by atomic mass is 9.95. The van der Waals surface area contributed by atoms with Crippen LogP contribution >= 0.6 is 0 Å². The van der Waals surface area contributed by atoms with Crippen molar-refractivity contribution in [2.24, 2.45) is 0 Å². The second kappa shape index (κ2) is 20.8. The number of hydrogen-bond acceptors (Lipinski definition) is 12. The van der Waals surface area contributed by atoms with Crippen LogP contribution in [-0.4, -0.2) is 160 Å². The average molecular weight is 752 g/mol. The normalized spacial score (nSPS) is 23.6. The number of amides is 11. The second-order valence-corrected chi connectivity index (χ2v) is 12.2. The van der Waals surface area contributed by atoms with E-state index >= 15 is 0 Å². The Hall–Kier alpha value is -5.87. The van der Waals surface area contributed by atoms with E-state index in [2.05, 4.69) is 53.2 Å². The maximum Gasteiger partial charge on any atom is 0.246 e. The van der Waals surface area contributed by atoms with Gasteiger partial charge in [-0.25, -0.2) is 0 Å². The van der Waals surface area contributed by atoms with Crippen LogP contribution in [0.5, 0.6) is 0 Å². The molecule has 2 saturated heterocycles. The molecule has 53 heavy (non-hydrogen) atoms. The molecule has 3 aliphatic rings. The first kappa shape index (κ1) is 41.5. The molecule has 3 rings (SSSR count). The number of carbonyl (C=O) groups is 11. The molecule has 2 heterocycles. The third-order valence-electron chi connectivity index (χ3n) is 8.20. The van der Waals surface area contributed by atoms with Crippen molar-refractivity contribution >= 4 is 65.0 Å². The zero-order valence-corrected chi connectivity index (χ0v) is 28.9. The molecule has 0 aromatic carbocycles. The van der Waals surface area contributed by atoms with Gasteiger partial charge in [0.05, 0.1) is 65.6 Å². The predicted octanol–water partition coefficient (Wildman–Crippen LogP) is -7.91. The van der Waals surface area contributed by atoms with E-state index in [1.807, 2.05) is 0 Å². The largest absolute Gasteiger partial charge is 0.377 e. The molecule has 23 heteroatoms. The number of carbonyl (C=O) groups excluding carboxylic acids is 11. The monoisotopic (exact) mass is 751 g/mol. The fourth-order valence-electron chi connectivity index (χ4n) is 5.35. The molecule has 1 spiro atoms. The summed E-state index contributed by atoms with van der Waals surface area (Å²) in [6.07, 6.45) is 1.55. The van der Waals surface area contributed by atoms with Gasteiger partial charge in [0.2, 0.25) is 65.0 Å². The molecule has 0 aromatic heterocycles. The first-order valence-electron chi connectivity index (χ1n) is 16.9. The van der Waals surface area contributed by atoms with Gasteiger partial charge in [-0.2, -0.15) is 0 Å². The summed E-state index contributed by atoms with van der Waals surface area (Å²) in [7, 11) is 0. The number of hydrogen-bond donors (Lipinski definition) is 10. The predicted molar refractivity (Wildman–Crippen MR) is 177 cm³/mol. The molecule has 1 atom stereocenters. The number of ether oxygens (including phenoxy) is 1. The van der Waals surface area contributed by atoms with E-state index in [1.165, 1.54) is 4.90 Å². The van der Waals surface area contributed by atoms with E-state index in [-0.39, 0.29) is 45.6 Å².